The summed E-state index contributed by atoms with van der Waals surface area (Å²) >= 11 is 0. The van der Waals surface area contributed by atoms with Crippen LogP contribution in [0.5, 0.6) is 11.5 Å². The van der Waals surface area contributed by atoms with Gasteiger partial charge in [0.2, 0.25) is 0 Å². The Hall–Kier alpha value is -2.99. The molecule has 1 fully saturated rings. The minimum atomic E-state index is 0.744. The monoisotopic (exact) mass is 365 g/mol. The topological polar surface area (TPSA) is 55.9 Å². The molecule has 1 aliphatic rings. The maximum atomic E-state index is 5.44. The zero-order chi connectivity index (χ0) is 18.6. The van der Waals surface area contributed by atoms with E-state index in [0.29, 0.717) is 0 Å². The number of nitrogens with one attached hydrogen (secondary N) is 1. The number of hydrogen-bond acceptors (Lipinski definition) is 6. The van der Waals surface area contributed by atoms with Gasteiger partial charge in [0, 0.05) is 48.0 Å². The SMILES string of the molecule is COc1cc(Nc2ccc3ncc(N4CCOCC4)cc3c2)cc(OC)c1. The summed E-state index contributed by atoms with van der Waals surface area (Å²) in [6, 6.07) is 14.1. The molecule has 6 heteroatoms. The number of fused-ring (bicyclic) bond motifs is 1. The molecule has 0 radical (unpaired) electrons. The van der Waals surface area contributed by atoms with E-state index >= 15 is 0 Å². The Balaban J connectivity index is 1.62. The van der Waals surface area contributed by atoms with Crippen LogP contribution in [0.2, 0.25) is 0 Å². The van der Waals surface area contributed by atoms with Crippen molar-refractivity contribution in [2.24, 2.45) is 0 Å². The van der Waals surface area contributed by atoms with Gasteiger partial charge in [0.15, 0.2) is 0 Å². The molecule has 0 bridgehead atoms. The number of aromatic nitrogens is 1. The van der Waals surface area contributed by atoms with Crippen LogP contribution >= 0.6 is 0 Å². The molecule has 0 atom stereocenters. The van der Waals surface area contributed by atoms with E-state index < -0.39 is 0 Å². The summed E-state index contributed by atoms with van der Waals surface area (Å²) in [4.78, 5) is 6.92. The summed E-state index contributed by atoms with van der Waals surface area (Å²) in [5.41, 5.74) is 3.99. The third kappa shape index (κ3) is 3.90. The maximum absolute atomic E-state index is 5.44. The van der Waals surface area contributed by atoms with Crippen LogP contribution < -0.4 is 19.7 Å². The van der Waals surface area contributed by atoms with Crippen LogP contribution in [-0.2, 0) is 4.74 Å². The van der Waals surface area contributed by atoms with Crippen molar-refractivity contribution in [3.8, 4) is 11.5 Å². The zero-order valence-electron chi connectivity index (χ0n) is 15.6. The molecular weight excluding hydrogens is 342 g/mol. The van der Waals surface area contributed by atoms with Crippen molar-refractivity contribution in [2.45, 2.75) is 0 Å². The Labute approximate surface area is 158 Å². The van der Waals surface area contributed by atoms with E-state index in [-0.39, 0.29) is 0 Å². The van der Waals surface area contributed by atoms with Gasteiger partial charge in [0.25, 0.3) is 0 Å². The van der Waals surface area contributed by atoms with Crippen LogP contribution in [0.15, 0.2) is 48.7 Å². The first-order valence-corrected chi connectivity index (χ1v) is 8.98. The number of hydrogen-bond donors (Lipinski definition) is 1. The van der Waals surface area contributed by atoms with Crippen LogP contribution in [0.1, 0.15) is 0 Å². The minimum absolute atomic E-state index is 0.744. The van der Waals surface area contributed by atoms with Crippen molar-refractivity contribution in [3.63, 3.8) is 0 Å². The summed E-state index contributed by atoms with van der Waals surface area (Å²) < 4.78 is 16.1. The van der Waals surface area contributed by atoms with Gasteiger partial charge in [-0.1, -0.05) is 0 Å². The Morgan fingerprint density at radius 3 is 2.37 bits per heavy atom. The minimum Gasteiger partial charge on any atom is -0.497 e. The van der Waals surface area contributed by atoms with E-state index in [1.54, 1.807) is 14.2 Å². The lowest BCUT2D eigenvalue weighted by Crippen LogP contribution is -2.36. The van der Waals surface area contributed by atoms with Gasteiger partial charge in [-0.05, 0) is 24.3 Å². The van der Waals surface area contributed by atoms with Crippen molar-refractivity contribution in [2.75, 3.05) is 50.7 Å². The second-order valence-electron chi connectivity index (χ2n) is 6.43. The molecule has 1 aromatic heterocycles. The molecule has 0 amide bonds. The molecule has 1 saturated heterocycles. The van der Waals surface area contributed by atoms with Crippen LogP contribution in [0.3, 0.4) is 0 Å². The predicted molar refractivity (Wildman–Crippen MR) is 108 cm³/mol. The van der Waals surface area contributed by atoms with Crippen molar-refractivity contribution >= 4 is 28.0 Å². The first kappa shape index (κ1) is 17.4. The van der Waals surface area contributed by atoms with Crippen molar-refractivity contribution in [3.05, 3.63) is 48.7 Å². The van der Waals surface area contributed by atoms with E-state index in [4.69, 9.17) is 14.2 Å². The standard InChI is InChI=1S/C21H23N3O3/c1-25-19-11-17(12-20(13-19)26-2)23-16-3-4-21-15(9-16)10-18(14-22-21)24-5-7-27-8-6-24/h3-4,9-14,23H,5-8H2,1-2H3. The molecule has 2 aromatic carbocycles. The van der Waals surface area contributed by atoms with Gasteiger partial charge >= 0.3 is 0 Å². The highest BCUT2D eigenvalue weighted by atomic mass is 16.5. The fourth-order valence-electron chi connectivity index (χ4n) is 3.24. The predicted octanol–water partition coefficient (Wildman–Crippen LogP) is 3.83. The molecule has 0 spiro atoms. The molecule has 4 rings (SSSR count). The molecule has 1 aliphatic heterocycles. The van der Waals surface area contributed by atoms with Gasteiger partial charge in [-0.15, -0.1) is 0 Å². The number of pyridine rings is 1. The van der Waals surface area contributed by atoms with Gasteiger partial charge < -0.3 is 24.4 Å². The highest BCUT2D eigenvalue weighted by molar-refractivity contribution is 5.86. The fourth-order valence-corrected chi connectivity index (χ4v) is 3.24. The largest absolute Gasteiger partial charge is 0.497 e. The van der Waals surface area contributed by atoms with E-state index in [2.05, 4.69) is 27.3 Å². The molecule has 3 aromatic rings. The van der Waals surface area contributed by atoms with E-state index in [9.17, 15) is 0 Å². The smallest absolute Gasteiger partial charge is 0.124 e. The number of rotatable bonds is 5. The normalized spacial score (nSPS) is 14.2. The highest BCUT2D eigenvalue weighted by Crippen LogP contribution is 2.30. The molecule has 0 aliphatic carbocycles. The van der Waals surface area contributed by atoms with Crippen molar-refractivity contribution in [1.29, 1.82) is 0 Å². The molecule has 2 heterocycles. The first-order chi connectivity index (χ1) is 13.2. The molecule has 140 valence electrons. The van der Waals surface area contributed by atoms with Crippen LogP contribution in [0.25, 0.3) is 10.9 Å². The Bertz CT molecular complexity index is 917. The number of morpholine rings is 1. The van der Waals surface area contributed by atoms with Crippen molar-refractivity contribution < 1.29 is 14.2 Å². The summed E-state index contributed by atoms with van der Waals surface area (Å²) in [5, 5.41) is 4.52. The molecule has 27 heavy (non-hydrogen) atoms. The van der Waals surface area contributed by atoms with E-state index in [1.165, 1.54) is 0 Å². The maximum Gasteiger partial charge on any atom is 0.124 e. The van der Waals surface area contributed by atoms with Crippen molar-refractivity contribution in [1.82, 2.24) is 4.98 Å². The van der Waals surface area contributed by atoms with Gasteiger partial charge in [-0.3, -0.25) is 4.98 Å². The van der Waals surface area contributed by atoms with E-state index in [0.717, 1.165) is 65.8 Å². The Morgan fingerprint density at radius 1 is 0.926 bits per heavy atom. The summed E-state index contributed by atoms with van der Waals surface area (Å²) in [7, 11) is 3.29. The van der Waals surface area contributed by atoms with Gasteiger partial charge in [-0.25, -0.2) is 0 Å². The number of anilines is 3. The number of ether oxygens (including phenoxy) is 3. The second kappa shape index (κ2) is 7.72. The summed E-state index contributed by atoms with van der Waals surface area (Å²) in [6.45, 7) is 3.32. The molecule has 0 unspecified atom stereocenters. The van der Waals surface area contributed by atoms with Gasteiger partial charge in [0.1, 0.15) is 11.5 Å². The number of methoxy groups -OCH3 is 2. The number of benzene rings is 2. The third-order valence-corrected chi connectivity index (χ3v) is 4.68. The van der Waals surface area contributed by atoms with Crippen LogP contribution in [-0.4, -0.2) is 45.5 Å². The molecular formula is C21H23N3O3. The first-order valence-electron chi connectivity index (χ1n) is 8.98. The zero-order valence-corrected chi connectivity index (χ0v) is 15.6. The highest BCUT2D eigenvalue weighted by Gasteiger charge is 2.12. The molecule has 6 nitrogen and oxygen atoms in total. The Kier molecular flexibility index (Phi) is 4.98. The molecule has 1 N–H and O–H groups in total. The van der Waals surface area contributed by atoms with Crippen LogP contribution in [0, 0.1) is 0 Å². The summed E-state index contributed by atoms with van der Waals surface area (Å²) in [6.07, 6.45) is 1.94. The van der Waals surface area contributed by atoms with E-state index in [1.807, 2.05) is 36.5 Å². The third-order valence-electron chi connectivity index (χ3n) is 4.68. The lowest BCUT2D eigenvalue weighted by Gasteiger charge is -2.28. The summed E-state index contributed by atoms with van der Waals surface area (Å²) in [5.74, 6) is 1.49. The van der Waals surface area contributed by atoms with Gasteiger partial charge in [-0.2, -0.15) is 0 Å². The number of nitrogens with zero attached hydrogens (tertiary/aromatic N) is 2. The average molecular weight is 365 g/mol. The molecule has 0 saturated carbocycles. The van der Waals surface area contributed by atoms with Gasteiger partial charge in [0.05, 0.1) is 44.8 Å². The quantitative estimate of drug-likeness (QED) is 0.742. The average Bonchev–Trinajstić information content (AvgIpc) is 2.73. The second-order valence-corrected chi connectivity index (χ2v) is 6.43. The lowest BCUT2D eigenvalue weighted by atomic mass is 10.1. The van der Waals surface area contributed by atoms with Crippen LogP contribution in [0.4, 0.5) is 17.1 Å². The Morgan fingerprint density at radius 2 is 1.67 bits per heavy atom. The fraction of sp³-hybridized carbons (Fsp3) is 0.286. The lowest BCUT2D eigenvalue weighted by molar-refractivity contribution is 0.122.